The summed E-state index contributed by atoms with van der Waals surface area (Å²) in [5.74, 6) is -0.997. The second kappa shape index (κ2) is 13.9. The highest BCUT2D eigenvalue weighted by Gasteiger charge is 2.20. The maximum atomic E-state index is 13.0. The quantitative estimate of drug-likeness (QED) is 0.192. The standard InChI is InChI=1S/C30H35NO5.CH4O3S/c1-18-8-10-23(14-20(18)3)28(33)35-26-13-12-22(25(32)17-31-30(5,6)7)16-27(26)36-29(34)24-11-9-19(2)21(4)15-24;1-5(2,3)4/h8-16,25,31-32H,17H2,1-7H3;1H3,(H,2,3,4). The van der Waals surface area contributed by atoms with Gasteiger partial charge in [-0.25, -0.2) is 9.59 Å². The second-order valence-corrected chi connectivity index (χ2v) is 12.4. The highest BCUT2D eigenvalue weighted by atomic mass is 32.2. The predicted octanol–water partition coefficient (Wildman–Crippen LogP) is 5.28. The smallest absolute Gasteiger partial charge is 0.343 e. The Hall–Kier alpha value is -3.57. The summed E-state index contributed by atoms with van der Waals surface area (Å²) in [5.41, 5.74) is 5.18. The van der Waals surface area contributed by atoms with Crippen LogP contribution >= 0.6 is 0 Å². The number of aliphatic hydroxyl groups excluding tert-OH is 1. The van der Waals surface area contributed by atoms with E-state index < -0.39 is 28.2 Å². The fourth-order valence-corrected chi connectivity index (χ4v) is 3.47. The number of carbonyl (C=O) groups is 2. The molecule has 0 heterocycles. The molecule has 0 amide bonds. The molecule has 0 aliphatic carbocycles. The van der Waals surface area contributed by atoms with Crippen molar-refractivity contribution in [3.8, 4) is 11.5 Å². The normalized spacial score (nSPS) is 12.1. The third-order valence-electron chi connectivity index (χ3n) is 6.07. The van der Waals surface area contributed by atoms with Crippen molar-refractivity contribution in [3.63, 3.8) is 0 Å². The van der Waals surface area contributed by atoms with Crippen LogP contribution < -0.4 is 14.8 Å². The lowest BCUT2D eigenvalue weighted by Gasteiger charge is -2.23. The molecule has 3 aromatic rings. The molecular weight excluding hydrogens is 546 g/mol. The number of esters is 2. The Morgan fingerprint density at radius 2 is 1.22 bits per heavy atom. The van der Waals surface area contributed by atoms with Gasteiger partial charge in [0.15, 0.2) is 11.5 Å². The monoisotopic (exact) mass is 585 g/mol. The predicted molar refractivity (Wildman–Crippen MR) is 158 cm³/mol. The summed E-state index contributed by atoms with van der Waals surface area (Å²) < 4.78 is 37.2. The summed E-state index contributed by atoms with van der Waals surface area (Å²) >= 11 is 0. The molecule has 0 aliphatic heterocycles. The Labute approximate surface area is 242 Å². The number of β-amino-alcohol motifs (C(OH)–C–C–N with tert-alkyl or cyclic N) is 1. The van der Waals surface area contributed by atoms with E-state index in [1.54, 1.807) is 30.3 Å². The van der Waals surface area contributed by atoms with Gasteiger partial charge in [0.1, 0.15) is 0 Å². The van der Waals surface area contributed by atoms with Crippen molar-refractivity contribution in [1.82, 2.24) is 5.32 Å². The summed E-state index contributed by atoms with van der Waals surface area (Å²) in [6.45, 7) is 14.1. The Balaban J connectivity index is 0.00000108. The van der Waals surface area contributed by atoms with Crippen molar-refractivity contribution in [3.05, 3.63) is 93.5 Å². The van der Waals surface area contributed by atoms with Crippen molar-refractivity contribution < 1.29 is 37.1 Å². The average Bonchev–Trinajstić information content (AvgIpc) is 2.85. The first-order valence-electron chi connectivity index (χ1n) is 12.9. The van der Waals surface area contributed by atoms with Gasteiger partial charge in [0.05, 0.1) is 23.5 Å². The van der Waals surface area contributed by atoms with Crippen molar-refractivity contribution >= 4 is 22.1 Å². The molecule has 9 nitrogen and oxygen atoms in total. The zero-order valence-electron chi connectivity index (χ0n) is 24.7. The Bertz CT molecular complexity index is 1500. The first kappa shape index (κ1) is 33.6. The van der Waals surface area contributed by atoms with Crippen LogP contribution in [0, 0.1) is 27.7 Å². The molecule has 0 spiro atoms. The van der Waals surface area contributed by atoms with Crippen LogP contribution in [0.1, 0.15) is 75.4 Å². The molecular formula is C31H39NO8S. The van der Waals surface area contributed by atoms with Crippen molar-refractivity contribution in [2.75, 3.05) is 12.8 Å². The van der Waals surface area contributed by atoms with Crippen LogP contribution in [0.15, 0.2) is 54.6 Å². The van der Waals surface area contributed by atoms with Gasteiger partial charge in [0.25, 0.3) is 10.1 Å². The number of rotatable bonds is 7. The largest absolute Gasteiger partial charge is 0.419 e. The van der Waals surface area contributed by atoms with Gasteiger partial charge >= 0.3 is 11.9 Å². The van der Waals surface area contributed by atoms with Crippen molar-refractivity contribution in [2.45, 2.75) is 60.1 Å². The summed E-state index contributed by atoms with van der Waals surface area (Å²) in [5, 5.41) is 14.0. The molecule has 3 aromatic carbocycles. The molecule has 222 valence electrons. The number of aryl methyl sites for hydroxylation is 4. The van der Waals surface area contributed by atoms with E-state index in [9.17, 15) is 23.1 Å². The lowest BCUT2D eigenvalue weighted by atomic mass is 10.1. The van der Waals surface area contributed by atoms with Gasteiger partial charge in [0.2, 0.25) is 0 Å². The molecule has 0 aliphatic rings. The Kier molecular flexibility index (Phi) is 11.4. The fraction of sp³-hybridized carbons (Fsp3) is 0.355. The van der Waals surface area contributed by atoms with Crippen molar-refractivity contribution in [2.24, 2.45) is 0 Å². The van der Waals surface area contributed by atoms with E-state index in [2.05, 4.69) is 5.32 Å². The van der Waals surface area contributed by atoms with Crippen LogP contribution in [-0.4, -0.2) is 48.4 Å². The summed E-state index contributed by atoms with van der Waals surface area (Å²) in [6, 6.07) is 15.3. The molecule has 0 saturated carbocycles. The second-order valence-electron chi connectivity index (χ2n) is 11.0. The third kappa shape index (κ3) is 11.4. The number of ether oxygens (including phenoxy) is 2. The number of aliphatic hydroxyl groups is 1. The van der Waals surface area contributed by atoms with Crippen LogP contribution in [0.4, 0.5) is 0 Å². The van der Waals surface area contributed by atoms with Gasteiger partial charge in [-0.15, -0.1) is 0 Å². The van der Waals surface area contributed by atoms with Crippen molar-refractivity contribution in [1.29, 1.82) is 0 Å². The topological polar surface area (TPSA) is 139 Å². The zero-order valence-corrected chi connectivity index (χ0v) is 25.5. The molecule has 1 unspecified atom stereocenters. The molecule has 3 rings (SSSR count). The number of carbonyl (C=O) groups excluding carboxylic acids is 2. The highest BCUT2D eigenvalue weighted by molar-refractivity contribution is 7.85. The minimum absolute atomic E-state index is 0.0581. The molecule has 10 heteroatoms. The number of benzene rings is 3. The van der Waals surface area contributed by atoms with Gasteiger partial charge in [-0.2, -0.15) is 8.42 Å². The molecule has 0 saturated heterocycles. The van der Waals surface area contributed by atoms with E-state index in [0.29, 0.717) is 29.5 Å². The number of hydrogen-bond acceptors (Lipinski definition) is 8. The van der Waals surface area contributed by atoms with E-state index in [4.69, 9.17) is 14.0 Å². The molecule has 1 atom stereocenters. The average molecular weight is 586 g/mol. The van der Waals surface area contributed by atoms with Gasteiger partial charge in [-0.05, 0) is 113 Å². The molecule has 0 radical (unpaired) electrons. The minimum Gasteiger partial charge on any atom is -0.419 e. The molecule has 3 N–H and O–H groups in total. The molecule has 0 fully saturated rings. The Morgan fingerprint density at radius 1 is 0.780 bits per heavy atom. The van der Waals surface area contributed by atoms with Gasteiger partial charge in [-0.3, -0.25) is 4.55 Å². The maximum absolute atomic E-state index is 13.0. The Morgan fingerprint density at radius 3 is 1.63 bits per heavy atom. The first-order chi connectivity index (χ1) is 18.8. The number of nitrogens with one attached hydrogen (secondary N) is 1. The van der Waals surface area contributed by atoms with Crippen LogP contribution in [0.2, 0.25) is 0 Å². The van der Waals surface area contributed by atoms with Gasteiger partial charge in [-0.1, -0.05) is 18.2 Å². The SMILES string of the molecule is CS(=O)(=O)O.Cc1ccc(C(=O)Oc2ccc(C(O)CNC(C)(C)C)cc2OC(=O)c2ccc(C)c(C)c2)cc1C. The molecule has 0 aromatic heterocycles. The van der Waals surface area contributed by atoms with Gasteiger partial charge in [0, 0.05) is 12.1 Å². The lowest BCUT2D eigenvalue weighted by molar-refractivity contribution is 0.0681. The zero-order chi connectivity index (χ0) is 31.1. The van der Waals surface area contributed by atoms with Gasteiger partial charge < -0.3 is 19.9 Å². The minimum atomic E-state index is -3.67. The third-order valence-corrected chi connectivity index (χ3v) is 6.07. The molecule has 41 heavy (non-hydrogen) atoms. The molecule has 0 bridgehead atoms. The highest BCUT2D eigenvalue weighted by Crippen LogP contribution is 2.32. The lowest BCUT2D eigenvalue weighted by Crippen LogP contribution is -2.38. The van der Waals surface area contributed by atoms with E-state index in [1.165, 1.54) is 12.1 Å². The maximum Gasteiger partial charge on any atom is 0.343 e. The number of hydrogen-bond donors (Lipinski definition) is 3. The van der Waals surface area contributed by atoms with Crippen LogP contribution in [0.25, 0.3) is 0 Å². The van der Waals surface area contributed by atoms with Crippen LogP contribution in [0.5, 0.6) is 11.5 Å². The van der Waals surface area contributed by atoms with E-state index in [1.807, 2.05) is 60.6 Å². The van der Waals surface area contributed by atoms with E-state index in [0.717, 1.165) is 22.3 Å². The van der Waals surface area contributed by atoms with E-state index in [-0.39, 0.29) is 17.0 Å². The first-order valence-corrected chi connectivity index (χ1v) is 14.8. The summed E-state index contributed by atoms with van der Waals surface area (Å²) in [6.07, 6.45) is -0.139. The fourth-order valence-electron chi connectivity index (χ4n) is 3.47. The van der Waals surface area contributed by atoms with Crippen LogP contribution in [-0.2, 0) is 10.1 Å². The van der Waals surface area contributed by atoms with E-state index >= 15 is 0 Å². The summed E-state index contributed by atoms with van der Waals surface area (Å²) in [7, 11) is -3.67. The van der Waals surface area contributed by atoms with Crippen LogP contribution in [0.3, 0.4) is 0 Å². The summed E-state index contributed by atoms with van der Waals surface area (Å²) in [4.78, 5) is 25.8.